The molecule has 0 saturated heterocycles. The summed E-state index contributed by atoms with van der Waals surface area (Å²) in [7, 11) is 0. The normalized spacial score (nSPS) is 9.93. The smallest absolute Gasteiger partial charge is 0.236 e. The molecule has 0 N–H and O–H groups in total. The SMILES string of the molecule is CCN(C(=O)CS)c1ccc(F)cc1. The van der Waals surface area contributed by atoms with Crippen molar-refractivity contribution in [2.24, 2.45) is 0 Å². The van der Waals surface area contributed by atoms with Gasteiger partial charge in [0.2, 0.25) is 5.91 Å². The van der Waals surface area contributed by atoms with Crippen molar-refractivity contribution in [2.75, 3.05) is 17.2 Å². The summed E-state index contributed by atoms with van der Waals surface area (Å²) < 4.78 is 12.6. The highest BCUT2D eigenvalue weighted by Gasteiger charge is 2.11. The molecule has 0 fully saturated rings. The van der Waals surface area contributed by atoms with Gasteiger partial charge >= 0.3 is 0 Å². The van der Waals surface area contributed by atoms with Crippen LogP contribution in [0.25, 0.3) is 0 Å². The van der Waals surface area contributed by atoms with Crippen LogP contribution in [0.5, 0.6) is 0 Å². The van der Waals surface area contributed by atoms with Gasteiger partial charge < -0.3 is 4.90 Å². The highest BCUT2D eigenvalue weighted by molar-refractivity contribution is 7.81. The van der Waals surface area contributed by atoms with E-state index in [1.54, 1.807) is 17.0 Å². The topological polar surface area (TPSA) is 20.3 Å². The third-order valence-electron chi connectivity index (χ3n) is 1.89. The predicted octanol–water partition coefficient (Wildman–Crippen LogP) is 2.11. The maximum absolute atomic E-state index is 12.6. The molecule has 0 heterocycles. The van der Waals surface area contributed by atoms with Crippen LogP contribution < -0.4 is 4.90 Å². The lowest BCUT2D eigenvalue weighted by atomic mass is 10.3. The Hall–Kier alpha value is -1.03. The number of hydrogen-bond acceptors (Lipinski definition) is 2. The van der Waals surface area contributed by atoms with Gasteiger partial charge in [0.25, 0.3) is 0 Å². The molecule has 14 heavy (non-hydrogen) atoms. The molecule has 0 spiro atoms. The second kappa shape index (κ2) is 5.00. The third kappa shape index (κ3) is 2.48. The molecule has 1 rings (SSSR count). The molecule has 0 unspecified atom stereocenters. The minimum absolute atomic E-state index is 0.0811. The number of rotatable bonds is 3. The fourth-order valence-corrected chi connectivity index (χ4v) is 1.38. The van der Waals surface area contributed by atoms with E-state index in [1.807, 2.05) is 6.92 Å². The standard InChI is InChI=1S/C10H12FNOS/c1-2-12(10(13)7-14)9-5-3-8(11)4-6-9/h3-6,14H,2,7H2,1H3. The Bertz CT molecular complexity index is 312. The Morgan fingerprint density at radius 1 is 1.43 bits per heavy atom. The summed E-state index contributed by atoms with van der Waals surface area (Å²) in [5.74, 6) is -0.226. The first-order valence-corrected chi connectivity index (χ1v) is 4.99. The Morgan fingerprint density at radius 3 is 2.43 bits per heavy atom. The van der Waals surface area contributed by atoms with Gasteiger partial charge in [-0.15, -0.1) is 0 Å². The largest absolute Gasteiger partial charge is 0.312 e. The molecule has 76 valence electrons. The van der Waals surface area contributed by atoms with Crippen LogP contribution in [0.1, 0.15) is 6.92 Å². The van der Waals surface area contributed by atoms with Crippen molar-refractivity contribution in [1.82, 2.24) is 0 Å². The minimum Gasteiger partial charge on any atom is -0.312 e. The van der Waals surface area contributed by atoms with Crippen LogP contribution in [0.4, 0.5) is 10.1 Å². The summed E-state index contributed by atoms with van der Waals surface area (Å²) in [6.07, 6.45) is 0. The number of benzene rings is 1. The molecule has 4 heteroatoms. The second-order valence-electron chi connectivity index (χ2n) is 2.77. The van der Waals surface area contributed by atoms with Crippen molar-refractivity contribution < 1.29 is 9.18 Å². The first kappa shape index (κ1) is 11.0. The quantitative estimate of drug-likeness (QED) is 0.762. The maximum atomic E-state index is 12.6. The van der Waals surface area contributed by atoms with E-state index in [2.05, 4.69) is 12.6 Å². The van der Waals surface area contributed by atoms with Gasteiger partial charge in [0.1, 0.15) is 5.82 Å². The van der Waals surface area contributed by atoms with Crippen LogP contribution in [-0.2, 0) is 4.79 Å². The number of amides is 1. The van der Waals surface area contributed by atoms with E-state index in [1.165, 1.54) is 12.1 Å². The zero-order valence-corrected chi connectivity index (χ0v) is 8.80. The van der Waals surface area contributed by atoms with Gasteiger partial charge in [-0.05, 0) is 31.2 Å². The average Bonchev–Trinajstić information content (AvgIpc) is 2.21. The fourth-order valence-electron chi connectivity index (χ4n) is 1.21. The van der Waals surface area contributed by atoms with Crippen molar-refractivity contribution in [3.05, 3.63) is 30.1 Å². The summed E-state index contributed by atoms with van der Waals surface area (Å²) in [5.41, 5.74) is 0.702. The van der Waals surface area contributed by atoms with Gasteiger partial charge in [-0.2, -0.15) is 12.6 Å². The molecule has 0 aliphatic heterocycles. The van der Waals surface area contributed by atoms with Gasteiger partial charge in [-0.1, -0.05) is 0 Å². The molecule has 0 aliphatic rings. The first-order chi connectivity index (χ1) is 6.69. The number of carbonyl (C=O) groups excluding carboxylic acids is 1. The number of hydrogen-bond donors (Lipinski definition) is 1. The van der Waals surface area contributed by atoms with Gasteiger partial charge in [0.05, 0.1) is 5.75 Å². The third-order valence-corrected chi connectivity index (χ3v) is 2.16. The molecule has 0 radical (unpaired) electrons. The first-order valence-electron chi connectivity index (χ1n) is 4.35. The average molecular weight is 213 g/mol. The molecule has 1 aromatic rings. The van der Waals surface area contributed by atoms with Crippen molar-refractivity contribution in [3.8, 4) is 0 Å². The van der Waals surface area contributed by atoms with Crippen molar-refractivity contribution in [1.29, 1.82) is 0 Å². The Labute approximate surface area is 88.1 Å². The molecule has 1 amide bonds. The maximum Gasteiger partial charge on any atom is 0.236 e. The van der Waals surface area contributed by atoms with Gasteiger partial charge in [0.15, 0.2) is 0 Å². The van der Waals surface area contributed by atoms with Crippen LogP contribution in [0.3, 0.4) is 0 Å². The van der Waals surface area contributed by atoms with Crippen LogP contribution in [0, 0.1) is 5.82 Å². The highest BCUT2D eigenvalue weighted by atomic mass is 32.1. The van der Waals surface area contributed by atoms with E-state index < -0.39 is 0 Å². The highest BCUT2D eigenvalue weighted by Crippen LogP contribution is 2.14. The lowest BCUT2D eigenvalue weighted by Gasteiger charge is -2.19. The Morgan fingerprint density at radius 2 is 2.00 bits per heavy atom. The van der Waals surface area contributed by atoms with E-state index in [9.17, 15) is 9.18 Å². The van der Waals surface area contributed by atoms with Crippen LogP contribution >= 0.6 is 12.6 Å². The zero-order chi connectivity index (χ0) is 10.6. The summed E-state index contributed by atoms with van der Waals surface area (Å²) in [6.45, 7) is 2.43. The fraction of sp³-hybridized carbons (Fsp3) is 0.300. The van der Waals surface area contributed by atoms with E-state index in [0.29, 0.717) is 12.2 Å². The molecule has 0 saturated carbocycles. The summed E-state index contributed by atoms with van der Waals surface area (Å²) in [5, 5.41) is 0. The molecular weight excluding hydrogens is 201 g/mol. The monoisotopic (exact) mass is 213 g/mol. The van der Waals surface area contributed by atoms with Crippen molar-refractivity contribution in [2.45, 2.75) is 6.92 Å². The van der Waals surface area contributed by atoms with Gasteiger partial charge in [0, 0.05) is 12.2 Å². The Balaban J connectivity index is 2.89. The number of nitrogens with zero attached hydrogens (tertiary/aromatic N) is 1. The molecule has 0 aromatic heterocycles. The number of halogens is 1. The van der Waals surface area contributed by atoms with Crippen LogP contribution in [0.15, 0.2) is 24.3 Å². The number of thiol groups is 1. The van der Waals surface area contributed by atoms with Crippen molar-refractivity contribution in [3.63, 3.8) is 0 Å². The van der Waals surface area contributed by atoms with E-state index in [0.717, 1.165) is 0 Å². The summed E-state index contributed by atoms with van der Waals surface area (Å²) in [6, 6.07) is 5.84. The molecular formula is C10H12FNOS. The lowest BCUT2D eigenvalue weighted by Crippen LogP contribution is -2.31. The molecule has 2 nitrogen and oxygen atoms in total. The van der Waals surface area contributed by atoms with Crippen molar-refractivity contribution >= 4 is 24.2 Å². The predicted molar refractivity (Wildman–Crippen MR) is 58.3 cm³/mol. The van der Waals surface area contributed by atoms with Crippen LogP contribution in [-0.4, -0.2) is 18.2 Å². The summed E-state index contributed by atoms with van der Waals surface area (Å²) >= 11 is 3.91. The number of anilines is 1. The lowest BCUT2D eigenvalue weighted by molar-refractivity contribution is -0.116. The molecule has 0 bridgehead atoms. The number of carbonyl (C=O) groups is 1. The Kier molecular flexibility index (Phi) is 3.95. The minimum atomic E-state index is -0.303. The van der Waals surface area contributed by atoms with Gasteiger partial charge in [-0.25, -0.2) is 4.39 Å². The van der Waals surface area contributed by atoms with Crippen LogP contribution in [0.2, 0.25) is 0 Å². The van der Waals surface area contributed by atoms with E-state index >= 15 is 0 Å². The molecule has 1 aromatic carbocycles. The van der Waals surface area contributed by atoms with Gasteiger partial charge in [-0.3, -0.25) is 4.79 Å². The van der Waals surface area contributed by atoms with E-state index in [4.69, 9.17) is 0 Å². The second-order valence-corrected chi connectivity index (χ2v) is 3.09. The summed E-state index contributed by atoms with van der Waals surface area (Å²) in [4.78, 5) is 12.9. The molecule has 0 aliphatic carbocycles. The molecule has 0 atom stereocenters. The van der Waals surface area contributed by atoms with E-state index in [-0.39, 0.29) is 17.5 Å². The zero-order valence-electron chi connectivity index (χ0n) is 7.90.